The molecule has 1 rings (SSSR count). The van der Waals surface area contributed by atoms with Crippen LogP contribution in [0.3, 0.4) is 0 Å². The number of benzene rings is 1. The van der Waals surface area contributed by atoms with Crippen molar-refractivity contribution in [3.05, 3.63) is 35.9 Å². The summed E-state index contributed by atoms with van der Waals surface area (Å²) in [6, 6.07) is 7.20. The fraction of sp³-hybridized carbons (Fsp3) is 0.333. The predicted molar refractivity (Wildman–Crippen MR) is 61.7 cm³/mol. The molecule has 1 aromatic carbocycles. The molecule has 0 spiro atoms. The average Bonchev–Trinajstić information content (AvgIpc) is 2.34. The summed E-state index contributed by atoms with van der Waals surface area (Å²) in [7, 11) is -10.8. The maximum absolute atomic E-state index is 12.0. The molecule has 0 radical (unpaired) electrons. The van der Waals surface area contributed by atoms with Gasteiger partial charge in [0.15, 0.2) is 0 Å². The van der Waals surface area contributed by atoms with E-state index in [-0.39, 0.29) is 5.56 Å². The van der Waals surface area contributed by atoms with Crippen molar-refractivity contribution in [1.82, 2.24) is 3.71 Å². The first kappa shape index (κ1) is 6.73. The van der Waals surface area contributed by atoms with Gasteiger partial charge in [-0.25, -0.2) is 16.8 Å². The molecule has 7 heteroatoms. The Bertz CT molecular complexity index is 680. The highest BCUT2D eigenvalue weighted by molar-refractivity contribution is 8.03. The third kappa shape index (κ3) is 3.58. The van der Waals surface area contributed by atoms with E-state index in [0.29, 0.717) is 0 Å². The van der Waals surface area contributed by atoms with E-state index in [9.17, 15) is 16.8 Å². The minimum absolute atomic E-state index is 0.128. The number of hydrogen-bond acceptors (Lipinski definition) is 4. The molecular weight excluding hydrogens is 250 g/mol. The second-order valence-corrected chi connectivity index (χ2v) is 5.94. The van der Waals surface area contributed by atoms with Crippen molar-refractivity contribution in [1.29, 1.82) is 0 Å². The quantitative estimate of drug-likeness (QED) is 0.793. The molecule has 5 nitrogen and oxygen atoms in total. The Morgan fingerprint density at radius 3 is 2.00 bits per heavy atom. The van der Waals surface area contributed by atoms with Crippen molar-refractivity contribution in [2.24, 2.45) is 0 Å². The van der Waals surface area contributed by atoms with Crippen molar-refractivity contribution in [2.45, 2.75) is 6.54 Å². The average molecular weight is 269 g/mol. The highest BCUT2D eigenvalue weighted by atomic mass is 32.3. The molecule has 16 heavy (non-hydrogen) atoms. The van der Waals surface area contributed by atoms with Gasteiger partial charge in [-0.15, -0.1) is 0 Å². The van der Waals surface area contributed by atoms with Crippen molar-refractivity contribution < 1.29 is 25.1 Å². The van der Waals surface area contributed by atoms with E-state index in [4.69, 9.17) is 8.22 Å². The minimum Gasteiger partial charge on any atom is -0.212 e. The van der Waals surface area contributed by atoms with E-state index in [1.54, 1.807) is 6.07 Å². The Morgan fingerprint density at radius 1 is 1.06 bits per heavy atom. The van der Waals surface area contributed by atoms with Gasteiger partial charge in [0.1, 0.15) is 0 Å². The second kappa shape index (κ2) is 4.52. The van der Waals surface area contributed by atoms with E-state index < -0.39 is 42.7 Å². The third-order valence-electron chi connectivity index (χ3n) is 1.69. The molecule has 0 atom stereocenters. The Morgan fingerprint density at radius 2 is 1.56 bits per heavy atom. The summed E-state index contributed by atoms with van der Waals surface area (Å²) in [4.78, 5) is 0. The lowest BCUT2D eigenvalue weighted by Crippen LogP contribution is -2.34. The first-order valence-electron chi connectivity index (χ1n) is 7.02. The summed E-state index contributed by atoms with van der Waals surface area (Å²) >= 11 is 0. The molecule has 0 aliphatic rings. The van der Waals surface area contributed by atoms with Gasteiger partial charge >= 0.3 is 0 Å². The molecule has 0 saturated heterocycles. The minimum atomic E-state index is -5.39. The summed E-state index contributed by atoms with van der Waals surface area (Å²) in [5.41, 5.74) is 0.128. The Kier molecular flexibility index (Phi) is 1.90. The first-order chi connectivity index (χ1) is 9.71. The van der Waals surface area contributed by atoms with E-state index in [2.05, 4.69) is 0 Å². The van der Waals surface area contributed by atoms with Crippen LogP contribution in [0, 0.1) is 0 Å². The molecular formula is C9H13NO4S2. The van der Waals surface area contributed by atoms with Crippen molar-refractivity contribution >= 4 is 20.0 Å². The van der Waals surface area contributed by atoms with E-state index in [1.165, 1.54) is 24.3 Å². The number of nitrogens with zero attached hydrogens (tertiary/aromatic N) is 1. The van der Waals surface area contributed by atoms with Crippen LogP contribution in [0.15, 0.2) is 30.3 Å². The largest absolute Gasteiger partial charge is 0.224 e. The van der Waals surface area contributed by atoms with Crippen molar-refractivity contribution in [2.75, 3.05) is 12.4 Å². The Balaban J connectivity index is 3.49. The van der Waals surface area contributed by atoms with E-state index in [0.717, 1.165) is 0 Å². The van der Waals surface area contributed by atoms with Gasteiger partial charge in [-0.3, -0.25) is 0 Å². The second-order valence-electron chi connectivity index (χ2n) is 2.93. The van der Waals surface area contributed by atoms with Crippen LogP contribution in [0.4, 0.5) is 0 Å². The fourth-order valence-electron chi connectivity index (χ4n) is 1.03. The zero-order valence-corrected chi connectivity index (χ0v) is 9.62. The fourth-order valence-corrected chi connectivity index (χ4v) is 2.70. The molecule has 0 aliphatic heterocycles. The maximum Gasteiger partial charge on any atom is 0.224 e. The lowest BCUT2D eigenvalue weighted by atomic mass is 10.2. The van der Waals surface area contributed by atoms with Crippen LogP contribution in [0.1, 0.15) is 13.8 Å². The van der Waals surface area contributed by atoms with Crippen LogP contribution in [0.25, 0.3) is 0 Å². The monoisotopic (exact) mass is 269 g/mol. The van der Waals surface area contributed by atoms with E-state index >= 15 is 0 Å². The third-order valence-corrected chi connectivity index (χ3v) is 4.20. The van der Waals surface area contributed by atoms with Crippen LogP contribution in [-0.2, 0) is 26.6 Å². The molecule has 0 fully saturated rings. The molecule has 90 valence electrons. The molecule has 1 aromatic rings. The predicted octanol–water partition coefficient (Wildman–Crippen LogP) is 0.408. The number of rotatable bonds is 4. The van der Waals surface area contributed by atoms with Crippen LogP contribution in [-0.4, -0.2) is 32.9 Å². The summed E-state index contributed by atoms with van der Waals surface area (Å²) < 4.78 is 89.3. The molecule has 0 bridgehead atoms. The summed E-state index contributed by atoms with van der Waals surface area (Å²) in [6.07, 6.45) is -7.42. The topological polar surface area (TPSA) is 71.5 Å². The first-order valence-corrected chi connectivity index (χ1v) is 6.90. The molecule has 0 aliphatic carbocycles. The zero-order valence-electron chi connectivity index (χ0n) is 14.0. The number of sulfonamides is 2. The molecule has 0 amide bonds. The van der Waals surface area contributed by atoms with Crippen molar-refractivity contribution in [3.63, 3.8) is 0 Å². The normalized spacial score (nSPS) is 20.1. The molecule has 0 saturated carbocycles. The standard InChI is InChI=1S/C9H13NO4S2/c1-15(11,12)10(16(2,13)14)8-9-6-4-3-5-7-9/h3-7H,8H2,1-2H3/i1D3,2D3. The molecule has 0 N–H and O–H groups in total. The summed E-state index contributed by atoms with van der Waals surface area (Å²) in [5, 5.41) is 0. The Labute approximate surface area is 104 Å². The molecule has 0 aromatic heterocycles. The van der Waals surface area contributed by atoms with Gasteiger partial charge < -0.3 is 0 Å². The summed E-state index contributed by atoms with van der Waals surface area (Å²) in [5.74, 6) is 0. The van der Waals surface area contributed by atoms with Gasteiger partial charge in [-0.1, -0.05) is 34.0 Å². The van der Waals surface area contributed by atoms with Crippen LogP contribution in [0.5, 0.6) is 0 Å². The van der Waals surface area contributed by atoms with Gasteiger partial charge in [0.05, 0.1) is 18.9 Å². The van der Waals surface area contributed by atoms with Gasteiger partial charge in [-0.2, -0.15) is 0 Å². The van der Waals surface area contributed by atoms with Crippen LogP contribution < -0.4 is 0 Å². The summed E-state index contributed by atoms with van der Waals surface area (Å²) in [6.45, 7) is -0.914. The lowest BCUT2D eigenvalue weighted by Gasteiger charge is -2.17. The highest BCUT2D eigenvalue weighted by Crippen LogP contribution is 2.11. The Hall–Kier alpha value is -0.920. The lowest BCUT2D eigenvalue weighted by molar-refractivity contribution is 0.503. The maximum atomic E-state index is 12.0. The SMILES string of the molecule is [2H]C([2H])([2H])S(=O)(=O)N(Cc1ccccc1)S(=O)(=O)C([2H])([2H])[2H]. The zero-order chi connectivity index (χ0) is 17.4. The van der Waals surface area contributed by atoms with Gasteiger partial charge in [-0.05, 0) is 5.56 Å². The number of hydrogen-bond donors (Lipinski definition) is 0. The van der Waals surface area contributed by atoms with Gasteiger partial charge in [0, 0.05) is 8.22 Å². The van der Waals surface area contributed by atoms with Gasteiger partial charge in [0.2, 0.25) is 20.0 Å². The van der Waals surface area contributed by atoms with Gasteiger partial charge in [0.25, 0.3) is 0 Å². The van der Waals surface area contributed by atoms with Crippen LogP contribution in [0.2, 0.25) is 0 Å². The smallest absolute Gasteiger partial charge is 0.212 e. The highest BCUT2D eigenvalue weighted by Gasteiger charge is 2.26. The van der Waals surface area contributed by atoms with E-state index in [1.807, 2.05) is 0 Å². The molecule has 0 heterocycles. The van der Waals surface area contributed by atoms with Crippen molar-refractivity contribution in [3.8, 4) is 0 Å². The molecule has 0 unspecified atom stereocenters. The van der Waals surface area contributed by atoms with Crippen LogP contribution >= 0.6 is 0 Å².